The monoisotopic (exact) mass is 315 g/mol. The average molecular weight is 315 g/mol. The van der Waals surface area contributed by atoms with Gasteiger partial charge >= 0.3 is 33.5 Å². The minimum atomic E-state index is -0.514. The minimum Gasteiger partial charge on any atom is -0.658 e. The first-order chi connectivity index (χ1) is 9.82. The molecule has 0 aliphatic heterocycles. The van der Waals surface area contributed by atoms with E-state index in [2.05, 4.69) is 60.9 Å². The Morgan fingerprint density at radius 1 is 0.545 bits per heavy atom. The van der Waals surface area contributed by atoms with Crippen molar-refractivity contribution in [2.45, 2.75) is 39.8 Å². The molecule has 0 aromatic rings. The molecule has 0 aromatic carbocycles. The van der Waals surface area contributed by atoms with Gasteiger partial charge in [-0.1, -0.05) is 27.7 Å². The third-order valence-electron chi connectivity index (χ3n) is 1.75. The van der Waals surface area contributed by atoms with Crippen molar-refractivity contribution < 1.29 is 46.8 Å². The van der Waals surface area contributed by atoms with E-state index in [9.17, 15) is 0 Å². The van der Waals surface area contributed by atoms with Crippen LogP contribution in [0.15, 0.2) is 0 Å². The Morgan fingerprint density at radius 3 is 0.727 bits per heavy atom. The second-order valence-electron chi connectivity index (χ2n) is 4.33. The van der Waals surface area contributed by atoms with Crippen molar-refractivity contribution in [3.63, 3.8) is 0 Å². The van der Waals surface area contributed by atoms with E-state index >= 15 is 0 Å². The summed E-state index contributed by atoms with van der Waals surface area (Å²) < 4.78 is 27.6. The maximum atomic E-state index is 4.60. The molecule has 0 heterocycles. The summed E-state index contributed by atoms with van der Waals surface area (Å²) in [6.45, 7) is 8.39. The van der Waals surface area contributed by atoms with Crippen LogP contribution in [0.4, 0.5) is 0 Å². The molecular weight excluding hydrogens is 283 g/mol. The van der Waals surface area contributed by atoms with E-state index in [0.717, 1.165) is 0 Å². The van der Waals surface area contributed by atoms with E-state index in [1.807, 2.05) is 0 Å². The molecule has 0 aromatic heterocycles. The topological polar surface area (TPSA) is 69.5 Å². The fourth-order valence-electron chi connectivity index (χ4n) is 1.17. The molecule has 0 N–H and O–H groups in total. The van der Waals surface area contributed by atoms with E-state index < -0.39 is 14.6 Å². The van der Waals surface area contributed by atoms with Crippen molar-refractivity contribution in [1.29, 1.82) is 0 Å². The molecule has 0 aliphatic rings. The van der Waals surface area contributed by atoms with Crippen molar-refractivity contribution >= 4 is 14.6 Å². The summed E-state index contributed by atoms with van der Waals surface area (Å²) in [5.74, 6) is 0. The molecule has 0 saturated heterocycles. The molecule has 0 aliphatic carbocycles. The molecule has 0 unspecified atom stereocenters. The van der Waals surface area contributed by atoms with E-state index in [1.165, 1.54) is 42.7 Å². The minimum absolute atomic E-state index is 0. The summed E-state index contributed by atoms with van der Waals surface area (Å²) in [7, 11) is 8.04. The van der Waals surface area contributed by atoms with Crippen LogP contribution in [-0.2, 0) is 27.9 Å². The number of hydrogen-bond acceptors (Lipinski definition) is 6. The quantitative estimate of drug-likeness (QED) is 0.535. The van der Waals surface area contributed by atoms with Crippen molar-refractivity contribution in [2.75, 3.05) is 42.7 Å². The van der Waals surface area contributed by atoms with Crippen LogP contribution >= 0.6 is 0 Å². The van der Waals surface area contributed by atoms with Crippen molar-refractivity contribution in [3.8, 4) is 0 Å². The van der Waals surface area contributed by atoms with Crippen LogP contribution in [0.3, 0.4) is 0 Å². The molecule has 0 amide bonds. The molecular formula is C12H32B2LiNO6. The van der Waals surface area contributed by atoms with Gasteiger partial charge in [0.2, 0.25) is 0 Å². The van der Waals surface area contributed by atoms with Gasteiger partial charge in [0.1, 0.15) is 0 Å². The predicted molar refractivity (Wildman–Crippen MR) is 87.2 cm³/mol. The Labute approximate surface area is 149 Å². The van der Waals surface area contributed by atoms with Crippen LogP contribution in [0.25, 0.3) is 5.32 Å². The Hall–Kier alpha value is 0.447. The first kappa shape index (κ1) is 30.3. The summed E-state index contributed by atoms with van der Waals surface area (Å²) >= 11 is 0. The summed E-state index contributed by atoms with van der Waals surface area (Å²) in [4.78, 5) is 0. The van der Waals surface area contributed by atoms with Gasteiger partial charge in [-0.25, -0.2) is 0 Å². The summed E-state index contributed by atoms with van der Waals surface area (Å²) in [5, 5.41) is 4.28. The van der Waals surface area contributed by atoms with Gasteiger partial charge in [-0.3, -0.25) is 0 Å². The zero-order valence-corrected chi connectivity index (χ0v) is 16.2. The van der Waals surface area contributed by atoms with Gasteiger partial charge in [-0.15, -0.1) is 12.1 Å². The normalized spacial score (nSPS) is 9.27. The molecule has 7 nitrogen and oxygen atoms in total. The zero-order chi connectivity index (χ0) is 17.3. The second-order valence-corrected chi connectivity index (χ2v) is 4.33. The van der Waals surface area contributed by atoms with Crippen molar-refractivity contribution in [3.05, 3.63) is 5.32 Å². The Balaban J connectivity index is -0.000000108. The van der Waals surface area contributed by atoms with Gasteiger partial charge in [-0.05, 0) is 0 Å². The Morgan fingerprint density at radius 2 is 0.727 bits per heavy atom. The zero-order valence-electron chi connectivity index (χ0n) is 16.2. The second kappa shape index (κ2) is 23.7. The summed E-state index contributed by atoms with van der Waals surface area (Å²) in [6.07, 6.45) is 0. The fraction of sp³-hybridized carbons (Fsp3) is 1.00. The predicted octanol–water partition coefficient (Wildman–Crippen LogP) is -0.998. The van der Waals surface area contributed by atoms with Gasteiger partial charge in [0.15, 0.2) is 0 Å². The Bertz CT molecular complexity index is 158. The standard InChI is InChI=1S/C6H14N.2C3H9BO3.Li/c1-5(2)7-6(3)4;2*1-5-4(6-2)7-3;/h5-6H,1-4H3;2*1-3H3;/q-1;;;+1. The molecule has 0 rings (SSSR count). The van der Waals surface area contributed by atoms with E-state index in [0.29, 0.717) is 12.1 Å². The molecule has 0 spiro atoms. The van der Waals surface area contributed by atoms with Crippen LogP contribution in [0, 0.1) is 0 Å². The van der Waals surface area contributed by atoms with E-state index in [-0.39, 0.29) is 18.9 Å². The molecule has 128 valence electrons. The van der Waals surface area contributed by atoms with E-state index in [4.69, 9.17) is 0 Å². The average Bonchev–Trinajstić information content (AvgIpc) is 2.42. The van der Waals surface area contributed by atoms with Gasteiger partial charge in [0.25, 0.3) is 0 Å². The smallest absolute Gasteiger partial charge is 0.658 e. The molecule has 0 bridgehead atoms. The van der Waals surface area contributed by atoms with Crippen molar-refractivity contribution in [1.82, 2.24) is 0 Å². The van der Waals surface area contributed by atoms with E-state index in [1.54, 1.807) is 0 Å². The van der Waals surface area contributed by atoms with Crippen LogP contribution in [-0.4, -0.2) is 69.4 Å². The largest absolute Gasteiger partial charge is 1.00 e. The molecule has 0 fully saturated rings. The van der Waals surface area contributed by atoms with Gasteiger partial charge < -0.3 is 33.2 Å². The van der Waals surface area contributed by atoms with Crippen LogP contribution < -0.4 is 18.9 Å². The molecule has 0 atom stereocenters. The van der Waals surface area contributed by atoms with Crippen LogP contribution in [0.5, 0.6) is 0 Å². The third-order valence-corrected chi connectivity index (χ3v) is 1.75. The molecule has 10 heteroatoms. The number of rotatable bonds is 8. The number of hydrogen-bond donors (Lipinski definition) is 0. The summed E-state index contributed by atoms with van der Waals surface area (Å²) in [5.41, 5.74) is 0. The van der Waals surface area contributed by atoms with Crippen molar-refractivity contribution in [2.24, 2.45) is 0 Å². The SMILES string of the molecule is CC(C)[N-]C(C)C.COB(OC)OC.COB(OC)OC.[Li+]. The van der Waals surface area contributed by atoms with Gasteiger partial charge in [0.05, 0.1) is 0 Å². The fourth-order valence-corrected chi connectivity index (χ4v) is 1.17. The van der Waals surface area contributed by atoms with Crippen LogP contribution in [0.2, 0.25) is 0 Å². The Kier molecular flexibility index (Phi) is 32.7. The molecule has 0 saturated carbocycles. The number of nitrogens with zero attached hydrogens (tertiary/aromatic N) is 1. The van der Waals surface area contributed by atoms with Gasteiger partial charge in [-0.2, -0.15) is 0 Å². The first-order valence-corrected chi connectivity index (χ1v) is 6.69. The first-order valence-electron chi connectivity index (χ1n) is 6.69. The van der Waals surface area contributed by atoms with Gasteiger partial charge in [0, 0.05) is 42.7 Å². The maximum absolute atomic E-state index is 4.60. The van der Waals surface area contributed by atoms with Crippen LogP contribution in [0.1, 0.15) is 27.7 Å². The molecule has 22 heavy (non-hydrogen) atoms. The maximum Gasteiger partial charge on any atom is 1.00 e. The molecule has 0 radical (unpaired) electrons. The third kappa shape index (κ3) is 28.6. The summed E-state index contributed by atoms with van der Waals surface area (Å²) in [6, 6.07) is 1.000.